The van der Waals surface area contributed by atoms with Gasteiger partial charge in [0, 0.05) is 11.8 Å². The Hall–Kier alpha value is -1.57. The van der Waals surface area contributed by atoms with Gasteiger partial charge < -0.3 is 5.32 Å². The van der Waals surface area contributed by atoms with Crippen molar-refractivity contribution in [2.75, 3.05) is 5.75 Å². The van der Waals surface area contributed by atoms with E-state index in [0.717, 1.165) is 27.3 Å². The fourth-order valence-corrected chi connectivity index (χ4v) is 5.33. The SMILES string of the molecule is O=C(CSc1nnc(SCc2cccc3ccccc23)s1)NC1CC1. The number of fused-ring (bicyclic) bond motifs is 1. The van der Waals surface area contributed by atoms with E-state index < -0.39 is 0 Å². The van der Waals surface area contributed by atoms with Crippen LogP contribution in [0.2, 0.25) is 0 Å². The first-order valence-electron chi connectivity index (χ1n) is 8.13. The summed E-state index contributed by atoms with van der Waals surface area (Å²) < 4.78 is 1.80. The summed E-state index contributed by atoms with van der Waals surface area (Å²) in [5.74, 6) is 1.37. The van der Waals surface area contributed by atoms with Gasteiger partial charge in [-0.05, 0) is 29.2 Å². The van der Waals surface area contributed by atoms with E-state index in [2.05, 4.69) is 58.0 Å². The van der Waals surface area contributed by atoms with Gasteiger partial charge in [0.15, 0.2) is 8.68 Å². The number of carbonyl (C=O) groups excluding carboxylic acids is 1. The summed E-state index contributed by atoms with van der Waals surface area (Å²) in [6.07, 6.45) is 2.23. The Kier molecular flexibility index (Phi) is 5.24. The molecule has 1 aliphatic rings. The molecule has 1 fully saturated rings. The topological polar surface area (TPSA) is 54.9 Å². The molecular formula is C18H17N3OS3. The average molecular weight is 388 g/mol. The lowest BCUT2D eigenvalue weighted by atomic mass is 10.1. The molecule has 4 nitrogen and oxygen atoms in total. The molecule has 1 aromatic heterocycles. The Morgan fingerprint density at radius 3 is 2.68 bits per heavy atom. The zero-order chi connectivity index (χ0) is 17.1. The molecule has 1 aliphatic carbocycles. The largest absolute Gasteiger partial charge is 0.353 e. The first-order chi connectivity index (χ1) is 12.3. The van der Waals surface area contributed by atoms with Crippen LogP contribution in [-0.4, -0.2) is 27.9 Å². The van der Waals surface area contributed by atoms with Gasteiger partial charge in [0.25, 0.3) is 0 Å². The maximum Gasteiger partial charge on any atom is 0.230 e. The minimum absolute atomic E-state index is 0.0904. The standard InChI is InChI=1S/C18H17N3OS3/c22-16(19-14-8-9-14)11-24-18-21-20-17(25-18)23-10-13-6-3-5-12-4-1-2-7-15(12)13/h1-7,14H,8-11H2,(H,19,22). The van der Waals surface area contributed by atoms with Crippen LogP contribution in [0.15, 0.2) is 51.1 Å². The van der Waals surface area contributed by atoms with E-state index in [0.29, 0.717) is 11.8 Å². The molecule has 0 bridgehead atoms. The lowest BCUT2D eigenvalue weighted by molar-refractivity contribution is -0.118. The molecule has 0 spiro atoms. The van der Waals surface area contributed by atoms with Gasteiger partial charge in [0.2, 0.25) is 5.91 Å². The quantitative estimate of drug-likeness (QED) is 0.611. The first-order valence-corrected chi connectivity index (χ1v) is 10.9. The smallest absolute Gasteiger partial charge is 0.230 e. The van der Waals surface area contributed by atoms with Crippen LogP contribution in [0, 0.1) is 0 Å². The van der Waals surface area contributed by atoms with Gasteiger partial charge in [0.05, 0.1) is 5.75 Å². The predicted molar refractivity (Wildman–Crippen MR) is 105 cm³/mol. The Morgan fingerprint density at radius 2 is 1.84 bits per heavy atom. The van der Waals surface area contributed by atoms with Crippen LogP contribution >= 0.6 is 34.9 Å². The lowest BCUT2D eigenvalue weighted by Gasteiger charge is -2.04. The van der Waals surface area contributed by atoms with Crippen LogP contribution in [0.4, 0.5) is 0 Å². The van der Waals surface area contributed by atoms with Crippen molar-refractivity contribution < 1.29 is 4.79 Å². The molecule has 4 rings (SSSR count). The van der Waals surface area contributed by atoms with E-state index in [9.17, 15) is 4.79 Å². The molecule has 1 N–H and O–H groups in total. The maximum atomic E-state index is 11.7. The Morgan fingerprint density at radius 1 is 1.08 bits per heavy atom. The van der Waals surface area contributed by atoms with Crippen LogP contribution in [0.1, 0.15) is 18.4 Å². The monoisotopic (exact) mass is 387 g/mol. The normalized spacial score (nSPS) is 13.9. The van der Waals surface area contributed by atoms with Crippen molar-refractivity contribution in [3.05, 3.63) is 48.0 Å². The molecular weight excluding hydrogens is 370 g/mol. The molecule has 1 heterocycles. The molecule has 1 amide bonds. The second-order valence-electron chi connectivity index (χ2n) is 5.89. The number of nitrogens with one attached hydrogen (secondary N) is 1. The number of thioether (sulfide) groups is 2. The summed E-state index contributed by atoms with van der Waals surface area (Å²) in [4.78, 5) is 11.7. The Bertz CT molecular complexity index is 887. The van der Waals surface area contributed by atoms with Crippen molar-refractivity contribution in [2.24, 2.45) is 0 Å². The molecule has 25 heavy (non-hydrogen) atoms. The first kappa shape index (κ1) is 16.9. The average Bonchev–Trinajstić information content (AvgIpc) is 3.33. The third-order valence-electron chi connectivity index (χ3n) is 3.89. The van der Waals surface area contributed by atoms with Crippen molar-refractivity contribution in [2.45, 2.75) is 33.3 Å². The number of hydrogen-bond donors (Lipinski definition) is 1. The molecule has 2 aromatic carbocycles. The van der Waals surface area contributed by atoms with E-state index in [1.807, 2.05) is 0 Å². The second kappa shape index (κ2) is 7.76. The summed E-state index contributed by atoms with van der Waals surface area (Å²) in [6.45, 7) is 0. The zero-order valence-corrected chi connectivity index (χ0v) is 15.9. The number of hydrogen-bond acceptors (Lipinski definition) is 6. The number of amides is 1. The molecule has 0 aliphatic heterocycles. The highest BCUT2D eigenvalue weighted by atomic mass is 32.2. The van der Waals surface area contributed by atoms with E-state index >= 15 is 0 Å². The highest BCUT2D eigenvalue weighted by Gasteiger charge is 2.23. The van der Waals surface area contributed by atoms with Crippen molar-refractivity contribution in [3.8, 4) is 0 Å². The summed E-state index contributed by atoms with van der Waals surface area (Å²) in [5, 5.41) is 14.0. The van der Waals surface area contributed by atoms with Crippen molar-refractivity contribution in [1.82, 2.24) is 15.5 Å². The minimum atomic E-state index is 0.0904. The Labute approximate surface area is 158 Å². The molecule has 0 saturated heterocycles. The predicted octanol–water partition coefficient (Wildman–Crippen LogP) is 4.35. The van der Waals surface area contributed by atoms with Crippen LogP contribution < -0.4 is 5.32 Å². The molecule has 0 unspecified atom stereocenters. The summed E-state index contributed by atoms with van der Waals surface area (Å²) in [6, 6.07) is 15.2. The van der Waals surface area contributed by atoms with E-state index in [4.69, 9.17) is 0 Å². The molecule has 0 radical (unpaired) electrons. The third kappa shape index (κ3) is 4.54. The number of carbonyl (C=O) groups is 1. The van der Waals surface area contributed by atoms with Crippen LogP contribution in [0.3, 0.4) is 0 Å². The highest BCUT2D eigenvalue weighted by molar-refractivity contribution is 8.03. The van der Waals surface area contributed by atoms with E-state index in [1.165, 1.54) is 28.1 Å². The van der Waals surface area contributed by atoms with Gasteiger partial charge in [-0.2, -0.15) is 0 Å². The minimum Gasteiger partial charge on any atom is -0.353 e. The summed E-state index contributed by atoms with van der Waals surface area (Å²) in [5.41, 5.74) is 1.30. The van der Waals surface area contributed by atoms with Gasteiger partial charge in [-0.15, -0.1) is 10.2 Å². The number of benzene rings is 2. The van der Waals surface area contributed by atoms with E-state index in [-0.39, 0.29) is 5.91 Å². The van der Waals surface area contributed by atoms with Gasteiger partial charge in [-0.25, -0.2) is 0 Å². The van der Waals surface area contributed by atoms with Gasteiger partial charge in [-0.1, -0.05) is 77.3 Å². The van der Waals surface area contributed by atoms with Gasteiger partial charge >= 0.3 is 0 Å². The van der Waals surface area contributed by atoms with Crippen LogP contribution in [0.5, 0.6) is 0 Å². The highest BCUT2D eigenvalue weighted by Crippen LogP contribution is 2.32. The summed E-state index contributed by atoms with van der Waals surface area (Å²) >= 11 is 4.72. The van der Waals surface area contributed by atoms with E-state index in [1.54, 1.807) is 23.1 Å². The number of nitrogens with zero attached hydrogens (tertiary/aromatic N) is 2. The van der Waals surface area contributed by atoms with Gasteiger partial charge in [0.1, 0.15) is 0 Å². The zero-order valence-electron chi connectivity index (χ0n) is 13.5. The van der Waals surface area contributed by atoms with Crippen LogP contribution in [0.25, 0.3) is 10.8 Å². The molecule has 3 aromatic rings. The number of aromatic nitrogens is 2. The van der Waals surface area contributed by atoms with Crippen molar-refractivity contribution >= 4 is 51.5 Å². The molecule has 1 saturated carbocycles. The maximum absolute atomic E-state index is 11.7. The third-order valence-corrected chi connectivity index (χ3v) is 7.13. The lowest BCUT2D eigenvalue weighted by Crippen LogP contribution is -2.26. The van der Waals surface area contributed by atoms with Crippen molar-refractivity contribution in [3.63, 3.8) is 0 Å². The fourth-order valence-electron chi connectivity index (χ4n) is 2.50. The number of rotatable bonds is 7. The van der Waals surface area contributed by atoms with Gasteiger partial charge in [-0.3, -0.25) is 4.79 Å². The molecule has 0 atom stereocenters. The molecule has 7 heteroatoms. The second-order valence-corrected chi connectivity index (χ2v) is 9.31. The van der Waals surface area contributed by atoms with Crippen LogP contribution in [-0.2, 0) is 10.5 Å². The fraction of sp³-hybridized carbons (Fsp3) is 0.278. The Balaban J connectivity index is 1.33. The molecule has 128 valence electrons. The van der Waals surface area contributed by atoms with Crippen molar-refractivity contribution in [1.29, 1.82) is 0 Å². The summed E-state index contributed by atoms with van der Waals surface area (Å²) in [7, 11) is 0.